The van der Waals surface area contributed by atoms with E-state index in [0.717, 1.165) is 16.5 Å². The van der Waals surface area contributed by atoms with Crippen LogP contribution in [0.25, 0.3) is 10.9 Å². The van der Waals surface area contributed by atoms with E-state index in [4.69, 9.17) is 0 Å². The Morgan fingerprint density at radius 3 is 2.54 bits per heavy atom. The lowest BCUT2D eigenvalue weighted by Crippen LogP contribution is -2.38. The van der Waals surface area contributed by atoms with Crippen molar-refractivity contribution in [2.75, 3.05) is 13.1 Å². The average molecular weight is 353 g/mol. The Morgan fingerprint density at radius 1 is 0.962 bits per heavy atom. The van der Waals surface area contributed by atoms with E-state index < -0.39 is 0 Å². The van der Waals surface area contributed by atoms with Crippen molar-refractivity contribution in [3.63, 3.8) is 0 Å². The maximum atomic E-state index is 12.8. The maximum absolute atomic E-state index is 12.8. The van der Waals surface area contributed by atoms with Crippen LogP contribution in [0.2, 0.25) is 0 Å². The smallest absolute Gasteiger partial charge is 0.239 e. The number of benzene rings is 2. The molecule has 2 aromatic carbocycles. The van der Waals surface area contributed by atoms with Crippen LogP contribution in [-0.4, -0.2) is 29.9 Å². The average Bonchev–Trinajstić information content (AvgIpc) is 3.05. The second-order valence-electron chi connectivity index (χ2n) is 6.04. The second kappa shape index (κ2) is 8.29. The molecule has 0 aliphatic rings. The van der Waals surface area contributed by atoms with E-state index in [1.165, 1.54) is 12.1 Å². The van der Waals surface area contributed by atoms with Crippen molar-refractivity contribution < 1.29 is 14.0 Å². The molecule has 0 aliphatic heterocycles. The van der Waals surface area contributed by atoms with E-state index >= 15 is 0 Å². The molecule has 0 atom stereocenters. The van der Waals surface area contributed by atoms with Gasteiger partial charge in [-0.2, -0.15) is 0 Å². The first-order chi connectivity index (χ1) is 12.6. The minimum Gasteiger partial charge on any atom is -0.361 e. The van der Waals surface area contributed by atoms with E-state index in [1.807, 2.05) is 30.5 Å². The zero-order chi connectivity index (χ0) is 18.4. The summed E-state index contributed by atoms with van der Waals surface area (Å²) in [4.78, 5) is 26.9. The van der Waals surface area contributed by atoms with Gasteiger partial charge >= 0.3 is 0 Å². The summed E-state index contributed by atoms with van der Waals surface area (Å²) in [5.41, 5.74) is 2.91. The molecule has 26 heavy (non-hydrogen) atoms. The van der Waals surface area contributed by atoms with Gasteiger partial charge in [-0.05, 0) is 35.7 Å². The molecule has 0 bridgehead atoms. The highest BCUT2D eigenvalue weighted by atomic mass is 19.1. The quantitative estimate of drug-likeness (QED) is 0.610. The minimum atomic E-state index is -0.344. The predicted molar refractivity (Wildman–Crippen MR) is 98.1 cm³/mol. The molecule has 0 saturated carbocycles. The topological polar surface area (TPSA) is 74.0 Å². The number of carbonyl (C=O) groups excluding carboxylic acids is 2. The molecule has 6 heteroatoms. The van der Waals surface area contributed by atoms with Crippen LogP contribution < -0.4 is 10.6 Å². The number of aromatic amines is 1. The summed E-state index contributed by atoms with van der Waals surface area (Å²) in [6, 6.07) is 13.7. The van der Waals surface area contributed by atoms with E-state index in [-0.39, 0.29) is 30.6 Å². The number of fused-ring (bicyclic) bond motifs is 1. The van der Waals surface area contributed by atoms with E-state index in [1.54, 1.807) is 12.1 Å². The largest absolute Gasteiger partial charge is 0.361 e. The second-order valence-corrected chi connectivity index (χ2v) is 6.04. The number of H-pyrrole nitrogens is 1. The van der Waals surface area contributed by atoms with Crippen molar-refractivity contribution >= 4 is 22.7 Å². The number of carbonyl (C=O) groups is 2. The number of halogens is 1. The van der Waals surface area contributed by atoms with Crippen molar-refractivity contribution in [3.05, 3.63) is 71.7 Å². The molecule has 3 aromatic rings. The summed E-state index contributed by atoms with van der Waals surface area (Å²) in [5, 5.41) is 6.51. The van der Waals surface area contributed by atoms with E-state index in [2.05, 4.69) is 15.6 Å². The molecule has 0 radical (unpaired) electrons. The van der Waals surface area contributed by atoms with Gasteiger partial charge in [0.1, 0.15) is 5.82 Å². The highest BCUT2D eigenvalue weighted by Gasteiger charge is 2.07. The molecule has 0 saturated heterocycles. The molecule has 3 N–H and O–H groups in total. The molecule has 1 aromatic heterocycles. The molecular formula is C20H20FN3O2. The van der Waals surface area contributed by atoms with Crippen LogP contribution in [0.4, 0.5) is 4.39 Å². The Bertz CT molecular complexity index is 903. The number of amides is 2. The molecule has 0 unspecified atom stereocenters. The van der Waals surface area contributed by atoms with Crippen LogP contribution in [0.15, 0.2) is 54.7 Å². The zero-order valence-electron chi connectivity index (χ0n) is 14.2. The fourth-order valence-electron chi connectivity index (χ4n) is 2.77. The lowest BCUT2D eigenvalue weighted by atomic mass is 10.1. The number of para-hydroxylation sites is 1. The van der Waals surface area contributed by atoms with Crippen LogP contribution >= 0.6 is 0 Å². The summed E-state index contributed by atoms with van der Waals surface area (Å²) in [5.74, 6) is -0.857. The number of hydrogen-bond acceptors (Lipinski definition) is 2. The Balaban J connectivity index is 1.38. The first-order valence-corrected chi connectivity index (χ1v) is 8.44. The van der Waals surface area contributed by atoms with Gasteiger partial charge in [0.15, 0.2) is 0 Å². The molecule has 0 aliphatic carbocycles. The Morgan fingerprint density at radius 2 is 1.73 bits per heavy atom. The van der Waals surface area contributed by atoms with Gasteiger partial charge in [-0.15, -0.1) is 0 Å². The SMILES string of the molecule is O=C(CNC(=O)Cc1ccc(F)cc1)NCCc1c[nH]c2ccccc12. The molecule has 0 spiro atoms. The van der Waals surface area contributed by atoms with Crippen LogP contribution in [0.5, 0.6) is 0 Å². The molecule has 1 heterocycles. The van der Waals surface area contributed by atoms with Gasteiger partial charge in [0.25, 0.3) is 0 Å². The van der Waals surface area contributed by atoms with Crippen LogP contribution in [-0.2, 0) is 22.4 Å². The first kappa shape index (κ1) is 17.7. The van der Waals surface area contributed by atoms with Crippen LogP contribution in [0.3, 0.4) is 0 Å². The van der Waals surface area contributed by atoms with Gasteiger partial charge in [0.2, 0.25) is 11.8 Å². The van der Waals surface area contributed by atoms with Crippen molar-refractivity contribution in [3.8, 4) is 0 Å². The molecule has 2 amide bonds. The molecular weight excluding hydrogens is 333 g/mol. The maximum Gasteiger partial charge on any atom is 0.239 e. The summed E-state index contributed by atoms with van der Waals surface area (Å²) in [6.45, 7) is 0.419. The first-order valence-electron chi connectivity index (χ1n) is 8.44. The van der Waals surface area contributed by atoms with Crippen molar-refractivity contribution in [1.82, 2.24) is 15.6 Å². The molecule has 5 nitrogen and oxygen atoms in total. The van der Waals surface area contributed by atoms with E-state index in [0.29, 0.717) is 18.5 Å². The van der Waals surface area contributed by atoms with Gasteiger partial charge < -0.3 is 15.6 Å². The standard InChI is InChI=1S/C20H20FN3O2/c21-16-7-5-14(6-8-16)11-19(25)24-13-20(26)22-10-9-15-12-23-18-4-2-1-3-17(15)18/h1-8,12,23H,9-11,13H2,(H,22,26)(H,24,25). The van der Waals surface area contributed by atoms with Crippen LogP contribution in [0, 0.1) is 5.82 Å². The van der Waals surface area contributed by atoms with Crippen LogP contribution in [0.1, 0.15) is 11.1 Å². The highest BCUT2D eigenvalue weighted by molar-refractivity contribution is 5.86. The highest BCUT2D eigenvalue weighted by Crippen LogP contribution is 2.17. The van der Waals surface area contributed by atoms with Crippen molar-refractivity contribution in [1.29, 1.82) is 0 Å². The van der Waals surface area contributed by atoms with Gasteiger partial charge in [0, 0.05) is 23.6 Å². The fourth-order valence-corrected chi connectivity index (χ4v) is 2.77. The third-order valence-electron chi connectivity index (χ3n) is 4.12. The van der Waals surface area contributed by atoms with Gasteiger partial charge in [-0.25, -0.2) is 4.39 Å². The fraction of sp³-hybridized carbons (Fsp3) is 0.200. The lowest BCUT2D eigenvalue weighted by Gasteiger charge is -2.07. The van der Waals surface area contributed by atoms with Crippen molar-refractivity contribution in [2.45, 2.75) is 12.8 Å². The monoisotopic (exact) mass is 353 g/mol. The Hall–Kier alpha value is -3.15. The van der Waals surface area contributed by atoms with Crippen molar-refractivity contribution in [2.24, 2.45) is 0 Å². The zero-order valence-corrected chi connectivity index (χ0v) is 14.2. The third kappa shape index (κ3) is 4.69. The number of rotatable bonds is 7. The number of hydrogen-bond donors (Lipinski definition) is 3. The summed E-state index contributed by atoms with van der Waals surface area (Å²) in [7, 11) is 0. The molecule has 3 rings (SSSR count). The number of aromatic nitrogens is 1. The third-order valence-corrected chi connectivity index (χ3v) is 4.12. The molecule has 0 fully saturated rings. The normalized spacial score (nSPS) is 10.7. The lowest BCUT2D eigenvalue weighted by molar-refractivity contribution is -0.125. The Kier molecular flexibility index (Phi) is 5.63. The van der Waals surface area contributed by atoms with Gasteiger partial charge in [-0.3, -0.25) is 9.59 Å². The summed E-state index contributed by atoms with van der Waals surface area (Å²) < 4.78 is 12.8. The molecule has 134 valence electrons. The summed E-state index contributed by atoms with van der Waals surface area (Å²) in [6.07, 6.45) is 2.77. The summed E-state index contributed by atoms with van der Waals surface area (Å²) >= 11 is 0. The predicted octanol–water partition coefficient (Wildman–Crippen LogP) is 2.32. The van der Waals surface area contributed by atoms with Gasteiger partial charge in [-0.1, -0.05) is 30.3 Å². The van der Waals surface area contributed by atoms with E-state index in [9.17, 15) is 14.0 Å². The minimum absolute atomic E-state index is 0.0755. The number of nitrogens with one attached hydrogen (secondary N) is 3. The Labute approximate surface area is 150 Å². The van der Waals surface area contributed by atoms with Gasteiger partial charge in [0.05, 0.1) is 13.0 Å².